The summed E-state index contributed by atoms with van der Waals surface area (Å²) < 4.78 is 22.0. The largest absolute Gasteiger partial charge is 0.490 e. The number of rotatable bonds is 9. The number of carbonyl (C=O) groups excluding carboxylic acids is 1. The lowest BCUT2D eigenvalue weighted by molar-refractivity contribution is 0.0601. The second-order valence-corrected chi connectivity index (χ2v) is 9.52. The van der Waals surface area contributed by atoms with E-state index in [1.54, 1.807) is 31.5 Å². The van der Waals surface area contributed by atoms with Crippen LogP contribution in [0.4, 0.5) is 5.69 Å². The normalized spacial score (nSPS) is 16.7. The third-order valence-corrected chi connectivity index (χ3v) is 6.93. The summed E-state index contributed by atoms with van der Waals surface area (Å²) in [5.41, 5.74) is 2.76. The molecule has 5 rings (SSSR count). The number of carbonyl (C=O) groups is 1. The number of benzene rings is 2. The highest BCUT2D eigenvalue weighted by molar-refractivity contribution is 7.80. The van der Waals surface area contributed by atoms with E-state index >= 15 is 0 Å². The third-order valence-electron chi connectivity index (χ3n) is 6.32. The Bertz CT molecular complexity index is 1480. The number of ether oxygens (including phenoxy) is 3. The lowest BCUT2D eigenvalue weighted by atomic mass is 10.0. The highest BCUT2D eigenvalue weighted by atomic mass is 35.5. The molecular weight excluding hydrogens is 538 g/mol. The lowest BCUT2D eigenvalue weighted by Gasteiger charge is -2.26. The average molecular weight is 564 g/mol. The topological polar surface area (TPSA) is 86.1 Å². The molecule has 3 heterocycles. The Hall–Kier alpha value is -3.92. The molecule has 4 aromatic rings. The average Bonchev–Trinajstić information content (AvgIpc) is 3.59. The number of aromatic nitrogens is 1. The number of hydrogen-bond acceptors (Lipinski definition) is 7. The monoisotopic (exact) mass is 563 g/mol. The number of thiocarbonyl (C=S) groups is 1. The minimum absolute atomic E-state index is 0.296. The zero-order chi connectivity index (χ0) is 27.4. The number of hydrogen-bond donors (Lipinski definition) is 1. The van der Waals surface area contributed by atoms with E-state index in [-0.39, 0.29) is 12.1 Å². The zero-order valence-electron chi connectivity index (χ0n) is 21.3. The Kier molecular flexibility index (Phi) is 8.11. The molecule has 0 radical (unpaired) electrons. The van der Waals surface area contributed by atoms with Crippen molar-refractivity contribution in [2.45, 2.75) is 12.1 Å². The van der Waals surface area contributed by atoms with Crippen LogP contribution in [0.5, 0.6) is 5.75 Å². The van der Waals surface area contributed by atoms with Crippen LogP contribution in [0.3, 0.4) is 0 Å². The predicted molar refractivity (Wildman–Crippen MR) is 152 cm³/mol. The molecule has 2 aromatic carbocycles. The predicted octanol–water partition coefficient (Wildman–Crippen LogP) is 5.98. The molecule has 2 atom stereocenters. The first-order valence-corrected chi connectivity index (χ1v) is 13.0. The van der Waals surface area contributed by atoms with E-state index < -0.39 is 5.97 Å². The van der Waals surface area contributed by atoms with Crippen LogP contribution in [-0.4, -0.2) is 43.5 Å². The molecular formula is C29H26ClN3O5S. The van der Waals surface area contributed by atoms with Crippen molar-refractivity contribution in [3.8, 4) is 17.1 Å². The molecule has 8 nitrogen and oxygen atoms in total. The van der Waals surface area contributed by atoms with Gasteiger partial charge in [-0.15, -0.1) is 0 Å². The van der Waals surface area contributed by atoms with Crippen molar-refractivity contribution < 1.29 is 23.4 Å². The van der Waals surface area contributed by atoms with Crippen molar-refractivity contribution in [1.29, 1.82) is 0 Å². The molecule has 2 aromatic heterocycles. The van der Waals surface area contributed by atoms with Crippen molar-refractivity contribution in [1.82, 2.24) is 10.3 Å². The molecule has 0 bridgehead atoms. The Balaban J connectivity index is 1.53. The first-order valence-electron chi connectivity index (χ1n) is 12.2. The number of nitrogens with one attached hydrogen (secondary N) is 1. The number of nitrogens with zero attached hydrogens (tertiary/aromatic N) is 2. The highest BCUT2D eigenvalue weighted by Crippen LogP contribution is 2.44. The molecule has 1 aliphatic rings. The van der Waals surface area contributed by atoms with Crippen LogP contribution in [0.2, 0.25) is 5.02 Å². The Labute approximate surface area is 236 Å². The molecule has 0 unspecified atom stereocenters. The van der Waals surface area contributed by atoms with Crippen molar-refractivity contribution in [3.63, 3.8) is 0 Å². The minimum Gasteiger partial charge on any atom is -0.490 e. The van der Waals surface area contributed by atoms with Crippen LogP contribution < -0.4 is 15.0 Å². The fraction of sp³-hybridized carbons (Fsp3) is 0.207. The summed E-state index contributed by atoms with van der Waals surface area (Å²) in [6.45, 7) is 0.839. The molecule has 1 fully saturated rings. The Morgan fingerprint density at radius 3 is 2.69 bits per heavy atom. The van der Waals surface area contributed by atoms with Gasteiger partial charge >= 0.3 is 5.97 Å². The van der Waals surface area contributed by atoms with Crippen molar-refractivity contribution in [2.24, 2.45) is 0 Å². The number of anilines is 1. The van der Waals surface area contributed by atoms with Gasteiger partial charge in [0.2, 0.25) is 0 Å². The Morgan fingerprint density at radius 2 is 1.95 bits per heavy atom. The second kappa shape index (κ2) is 11.9. The van der Waals surface area contributed by atoms with Crippen LogP contribution in [-0.2, 0) is 9.47 Å². The SMILES string of the molecule is COCCOc1ccc(N2C(=S)N[C@H](c3ccccn3)[C@@H]2c2ccc(-c3cccc(C(=O)OC)c3)o2)cc1Cl. The summed E-state index contributed by atoms with van der Waals surface area (Å²) in [5.74, 6) is 1.40. The van der Waals surface area contributed by atoms with Gasteiger partial charge in [-0.05, 0) is 66.8 Å². The molecule has 39 heavy (non-hydrogen) atoms. The fourth-order valence-corrected chi connectivity index (χ4v) is 5.07. The van der Waals surface area contributed by atoms with Gasteiger partial charge in [-0.2, -0.15) is 0 Å². The lowest BCUT2D eigenvalue weighted by Crippen LogP contribution is -2.29. The van der Waals surface area contributed by atoms with Gasteiger partial charge < -0.3 is 28.8 Å². The van der Waals surface area contributed by atoms with Gasteiger partial charge in [0.25, 0.3) is 0 Å². The molecule has 1 aliphatic heterocycles. The first kappa shape index (κ1) is 26.7. The van der Waals surface area contributed by atoms with Gasteiger partial charge in [0.15, 0.2) is 5.11 Å². The van der Waals surface area contributed by atoms with Crippen molar-refractivity contribution in [2.75, 3.05) is 32.3 Å². The van der Waals surface area contributed by atoms with Gasteiger partial charge in [-0.1, -0.05) is 29.8 Å². The second-order valence-electron chi connectivity index (χ2n) is 8.73. The summed E-state index contributed by atoms with van der Waals surface area (Å²) >= 11 is 12.4. The van der Waals surface area contributed by atoms with Crippen LogP contribution in [0.15, 0.2) is 83.4 Å². The number of methoxy groups -OCH3 is 2. The van der Waals surface area contributed by atoms with Gasteiger partial charge in [-0.25, -0.2) is 4.79 Å². The molecule has 0 spiro atoms. The molecule has 1 N–H and O–H groups in total. The maximum Gasteiger partial charge on any atom is 0.337 e. The van der Waals surface area contributed by atoms with Gasteiger partial charge in [0, 0.05) is 24.6 Å². The quantitative estimate of drug-likeness (QED) is 0.150. The van der Waals surface area contributed by atoms with E-state index in [4.69, 9.17) is 42.4 Å². The van der Waals surface area contributed by atoms with E-state index in [2.05, 4.69) is 10.3 Å². The summed E-state index contributed by atoms with van der Waals surface area (Å²) in [5, 5.41) is 4.36. The smallest absolute Gasteiger partial charge is 0.337 e. The van der Waals surface area contributed by atoms with E-state index in [1.165, 1.54) is 7.11 Å². The van der Waals surface area contributed by atoms with Crippen molar-refractivity contribution >= 4 is 40.6 Å². The molecule has 1 saturated heterocycles. The van der Waals surface area contributed by atoms with Crippen molar-refractivity contribution in [3.05, 3.63) is 101 Å². The molecule has 0 saturated carbocycles. The van der Waals surface area contributed by atoms with Crippen LogP contribution >= 0.6 is 23.8 Å². The van der Waals surface area contributed by atoms with Gasteiger partial charge in [0.1, 0.15) is 29.9 Å². The van der Waals surface area contributed by atoms with E-state index in [0.29, 0.717) is 46.2 Å². The molecule has 0 aliphatic carbocycles. The van der Waals surface area contributed by atoms with E-state index in [1.807, 2.05) is 59.5 Å². The van der Waals surface area contributed by atoms with Gasteiger partial charge in [-0.3, -0.25) is 4.98 Å². The number of halogens is 1. The minimum atomic E-state index is -0.415. The van der Waals surface area contributed by atoms with E-state index in [9.17, 15) is 4.79 Å². The number of furan rings is 1. The zero-order valence-corrected chi connectivity index (χ0v) is 22.9. The first-order chi connectivity index (χ1) is 19.0. The maximum absolute atomic E-state index is 12.1. The summed E-state index contributed by atoms with van der Waals surface area (Å²) in [6.07, 6.45) is 1.74. The Morgan fingerprint density at radius 1 is 1.08 bits per heavy atom. The maximum atomic E-state index is 12.1. The standard InChI is InChI=1S/C29H26ClN3O5S/c1-35-14-15-37-24-10-9-20(17-21(24)30)33-27(26(32-29(33)39)22-8-3-4-13-31-22)25-12-11-23(38-25)18-6-5-7-19(16-18)28(34)36-2/h3-13,16-17,26-27H,14-15H2,1-2H3,(H,32,39)/t26-,27+/m1/s1. The molecule has 10 heteroatoms. The van der Waals surface area contributed by atoms with E-state index in [0.717, 1.165) is 16.9 Å². The van der Waals surface area contributed by atoms with Gasteiger partial charge in [0.05, 0.1) is 36.0 Å². The summed E-state index contributed by atoms with van der Waals surface area (Å²) in [7, 11) is 2.97. The highest BCUT2D eigenvalue weighted by Gasteiger charge is 2.42. The number of pyridine rings is 1. The molecule has 0 amide bonds. The van der Waals surface area contributed by atoms with Crippen LogP contribution in [0, 0.1) is 0 Å². The van der Waals surface area contributed by atoms with Crippen LogP contribution in [0.25, 0.3) is 11.3 Å². The van der Waals surface area contributed by atoms with Crippen LogP contribution in [0.1, 0.15) is 33.9 Å². The summed E-state index contributed by atoms with van der Waals surface area (Å²) in [4.78, 5) is 18.6. The third kappa shape index (κ3) is 5.61. The number of esters is 1. The summed E-state index contributed by atoms with van der Waals surface area (Å²) in [6, 6.07) is 21.5. The fourth-order valence-electron chi connectivity index (χ4n) is 4.50. The molecule has 200 valence electrons.